The lowest BCUT2D eigenvalue weighted by Crippen LogP contribution is -2.24. The highest BCUT2D eigenvalue weighted by Gasteiger charge is 2.13. The van der Waals surface area contributed by atoms with E-state index in [9.17, 15) is 9.59 Å². The second kappa shape index (κ2) is 12.7. The first-order valence-corrected chi connectivity index (χ1v) is 13.6. The van der Waals surface area contributed by atoms with Crippen molar-refractivity contribution in [1.29, 1.82) is 0 Å². The lowest BCUT2D eigenvalue weighted by molar-refractivity contribution is -0.111. The summed E-state index contributed by atoms with van der Waals surface area (Å²) in [7, 11) is 0. The van der Waals surface area contributed by atoms with Gasteiger partial charge in [-0.15, -0.1) is 0 Å². The molecule has 39 heavy (non-hydrogen) atoms. The molecule has 192 valence electrons. The van der Waals surface area contributed by atoms with Gasteiger partial charge in [-0.1, -0.05) is 115 Å². The van der Waals surface area contributed by atoms with Crippen LogP contribution < -0.4 is 10.9 Å². The van der Waals surface area contributed by atoms with Crippen LogP contribution in [0, 0.1) is 0 Å². The van der Waals surface area contributed by atoms with E-state index in [1.165, 1.54) is 17.8 Å². The second-order valence-electron chi connectivity index (χ2n) is 8.86. The number of aromatic nitrogens is 2. The van der Waals surface area contributed by atoms with Gasteiger partial charge in [0.2, 0.25) is 5.91 Å². The SMILES string of the molecule is O=C(/C=C/c1ccccc1)Nc1ccc2nc(SC/C=C/c3ccccc3)n(Cc3ccccc3)c(=O)c2c1. The van der Waals surface area contributed by atoms with Gasteiger partial charge in [-0.25, -0.2) is 4.98 Å². The van der Waals surface area contributed by atoms with Crippen molar-refractivity contribution < 1.29 is 4.79 Å². The monoisotopic (exact) mass is 529 g/mol. The van der Waals surface area contributed by atoms with E-state index in [2.05, 4.69) is 29.6 Å². The minimum Gasteiger partial charge on any atom is -0.322 e. The lowest BCUT2D eigenvalue weighted by atomic mass is 10.2. The smallest absolute Gasteiger partial charge is 0.262 e. The summed E-state index contributed by atoms with van der Waals surface area (Å²) in [4.78, 5) is 31.1. The minimum atomic E-state index is -0.270. The van der Waals surface area contributed by atoms with E-state index in [0.717, 1.165) is 16.7 Å². The Morgan fingerprint density at radius 1 is 0.821 bits per heavy atom. The highest BCUT2D eigenvalue weighted by atomic mass is 32.2. The molecule has 4 aromatic carbocycles. The summed E-state index contributed by atoms with van der Waals surface area (Å²) in [5.41, 5.74) is 4.06. The third-order valence-electron chi connectivity index (χ3n) is 6.02. The number of hydrogen-bond donors (Lipinski definition) is 1. The van der Waals surface area contributed by atoms with Crippen LogP contribution in [0.3, 0.4) is 0 Å². The van der Waals surface area contributed by atoms with Gasteiger partial charge in [0.25, 0.3) is 5.56 Å². The van der Waals surface area contributed by atoms with Crippen LogP contribution in [-0.2, 0) is 11.3 Å². The van der Waals surface area contributed by atoms with Gasteiger partial charge in [0.1, 0.15) is 0 Å². The standard InChI is InChI=1S/C33H27N3O2S/c37-31(21-18-26-13-6-2-7-14-26)34-28-19-20-30-29(23-28)32(38)36(24-27-15-8-3-9-16-27)33(35-30)39-22-10-17-25-11-4-1-5-12-25/h1-21,23H,22,24H2,(H,34,37)/b17-10+,21-18+. The number of benzene rings is 4. The molecule has 5 rings (SSSR count). The molecule has 0 atom stereocenters. The number of fused-ring (bicyclic) bond motifs is 1. The minimum absolute atomic E-state index is 0.144. The van der Waals surface area contributed by atoms with Gasteiger partial charge in [-0.2, -0.15) is 0 Å². The quantitative estimate of drug-likeness (QED) is 0.128. The zero-order valence-corrected chi connectivity index (χ0v) is 22.1. The number of rotatable bonds is 9. The second-order valence-corrected chi connectivity index (χ2v) is 9.85. The highest BCUT2D eigenvalue weighted by Crippen LogP contribution is 2.22. The molecule has 1 N–H and O–H groups in total. The maximum Gasteiger partial charge on any atom is 0.262 e. The van der Waals surface area contributed by atoms with Gasteiger partial charge >= 0.3 is 0 Å². The molecule has 0 saturated carbocycles. The predicted octanol–water partition coefficient (Wildman–Crippen LogP) is 6.90. The number of carbonyl (C=O) groups is 1. The number of thioether (sulfide) groups is 1. The van der Waals surface area contributed by atoms with Crippen molar-refractivity contribution >= 4 is 46.4 Å². The Hall–Kier alpha value is -4.68. The van der Waals surface area contributed by atoms with Crippen LogP contribution in [0.25, 0.3) is 23.1 Å². The first kappa shape index (κ1) is 25.9. The number of nitrogens with zero attached hydrogens (tertiary/aromatic N) is 2. The summed E-state index contributed by atoms with van der Waals surface area (Å²) in [6.45, 7) is 0.406. The van der Waals surface area contributed by atoms with Gasteiger partial charge in [-0.05, 0) is 41.0 Å². The third-order valence-corrected chi connectivity index (χ3v) is 6.94. The van der Waals surface area contributed by atoms with Gasteiger partial charge < -0.3 is 5.32 Å². The first-order chi connectivity index (χ1) is 19.2. The fourth-order valence-electron chi connectivity index (χ4n) is 4.08. The fourth-order valence-corrected chi connectivity index (χ4v) is 4.89. The molecule has 0 aliphatic rings. The molecule has 0 fully saturated rings. The van der Waals surface area contributed by atoms with E-state index < -0.39 is 0 Å². The molecule has 6 heteroatoms. The average molecular weight is 530 g/mol. The summed E-state index contributed by atoms with van der Waals surface area (Å²) in [5.74, 6) is 0.400. The average Bonchev–Trinajstić information content (AvgIpc) is 2.98. The largest absolute Gasteiger partial charge is 0.322 e. The Balaban J connectivity index is 1.41. The van der Waals surface area contributed by atoms with Crippen LogP contribution in [-0.4, -0.2) is 21.2 Å². The van der Waals surface area contributed by atoms with Crippen LogP contribution in [0.2, 0.25) is 0 Å². The third kappa shape index (κ3) is 7.00. The van der Waals surface area contributed by atoms with Gasteiger partial charge in [-0.3, -0.25) is 14.2 Å². The molecule has 1 amide bonds. The van der Waals surface area contributed by atoms with Crippen molar-refractivity contribution in [1.82, 2.24) is 9.55 Å². The number of anilines is 1. The molecule has 1 heterocycles. The van der Waals surface area contributed by atoms with Crippen molar-refractivity contribution in [3.05, 3.63) is 148 Å². The Kier molecular flexibility index (Phi) is 8.46. The highest BCUT2D eigenvalue weighted by molar-refractivity contribution is 7.99. The predicted molar refractivity (Wildman–Crippen MR) is 162 cm³/mol. The van der Waals surface area contributed by atoms with Crippen molar-refractivity contribution in [2.75, 3.05) is 11.1 Å². The number of hydrogen-bond acceptors (Lipinski definition) is 4. The van der Waals surface area contributed by atoms with Crippen molar-refractivity contribution in [2.24, 2.45) is 0 Å². The van der Waals surface area contributed by atoms with Crippen LogP contribution >= 0.6 is 11.8 Å². The Morgan fingerprint density at radius 2 is 1.46 bits per heavy atom. The summed E-state index contributed by atoms with van der Waals surface area (Å²) in [6, 6.07) is 34.8. The van der Waals surface area contributed by atoms with Crippen molar-refractivity contribution in [3.8, 4) is 0 Å². The number of nitrogens with one attached hydrogen (secondary N) is 1. The summed E-state index contributed by atoms with van der Waals surface area (Å²) in [6.07, 6.45) is 7.37. The normalized spacial score (nSPS) is 11.4. The van der Waals surface area contributed by atoms with Crippen LogP contribution in [0.15, 0.2) is 131 Å². The topological polar surface area (TPSA) is 64.0 Å². The van der Waals surface area contributed by atoms with Gasteiger partial charge in [0, 0.05) is 17.5 Å². The molecular formula is C33H27N3O2S. The van der Waals surface area contributed by atoms with E-state index in [1.54, 1.807) is 28.8 Å². The van der Waals surface area contributed by atoms with E-state index in [4.69, 9.17) is 4.98 Å². The Labute approximate surface area is 231 Å². The molecule has 0 saturated heterocycles. The molecule has 5 aromatic rings. The Bertz CT molecular complexity index is 1680. The number of amides is 1. The molecule has 5 nitrogen and oxygen atoms in total. The maximum absolute atomic E-state index is 13.7. The zero-order chi connectivity index (χ0) is 26.9. The molecule has 0 aliphatic heterocycles. The molecule has 0 unspecified atom stereocenters. The molecular weight excluding hydrogens is 502 g/mol. The molecule has 0 radical (unpaired) electrons. The van der Waals surface area contributed by atoms with Crippen molar-refractivity contribution in [3.63, 3.8) is 0 Å². The lowest BCUT2D eigenvalue weighted by Gasteiger charge is -2.13. The summed E-state index contributed by atoms with van der Waals surface area (Å²) in [5, 5.41) is 3.96. The van der Waals surface area contributed by atoms with Gasteiger partial charge in [0.15, 0.2) is 5.16 Å². The number of carbonyl (C=O) groups excluding carboxylic acids is 1. The van der Waals surface area contributed by atoms with E-state index in [-0.39, 0.29) is 11.5 Å². The molecule has 0 spiro atoms. The van der Waals surface area contributed by atoms with Crippen LogP contribution in [0.1, 0.15) is 16.7 Å². The van der Waals surface area contributed by atoms with E-state index >= 15 is 0 Å². The Morgan fingerprint density at radius 3 is 2.15 bits per heavy atom. The van der Waals surface area contributed by atoms with Crippen LogP contribution in [0.4, 0.5) is 5.69 Å². The van der Waals surface area contributed by atoms with Crippen molar-refractivity contribution in [2.45, 2.75) is 11.7 Å². The van der Waals surface area contributed by atoms with E-state index in [1.807, 2.05) is 78.9 Å². The van der Waals surface area contributed by atoms with Crippen LogP contribution in [0.5, 0.6) is 0 Å². The van der Waals surface area contributed by atoms with Gasteiger partial charge in [0.05, 0.1) is 17.4 Å². The molecule has 0 aliphatic carbocycles. The summed E-state index contributed by atoms with van der Waals surface area (Å²) < 4.78 is 1.71. The summed E-state index contributed by atoms with van der Waals surface area (Å²) >= 11 is 1.52. The van der Waals surface area contributed by atoms with E-state index in [0.29, 0.717) is 34.0 Å². The maximum atomic E-state index is 13.7. The molecule has 0 bridgehead atoms. The zero-order valence-electron chi connectivity index (χ0n) is 21.2. The fraction of sp³-hybridized carbons (Fsp3) is 0.0606. The first-order valence-electron chi connectivity index (χ1n) is 12.6. The molecule has 1 aromatic heterocycles.